The zero-order valence-electron chi connectivity index (χ0n) is 16.2. The van der Waals surface area contributed by atoms with Gasteiger partial charge in [0.25, 0.3) is 11.8 Å². The van der Waals surface area contributed by atoms with Crippen molar-refractivity contribution in [3.63, 3.8) is 0 Å². The molecule has 0 aliphatic heterocycles. The lowest BCUT2D eigenvalue weighted by Gasteiger charge is -2.08. The molecule has 0 unspecified atom stereocenters. The van der Waals surface area contributed by atoms with E-state index < -0.39 is 17.8 Å². The first-order valence-corrected chi connectivity index (χ1v) is 9.76. The molecule has 2 amide bonds. The Bertz CT molecular complexity index is 875. The first kappa shape index (κ1) is 21.4. The molecule has 0 spiro atoms. The molecule has 8 heteroatoms. The number of nitrogens with one attached hydrogen (secondary N) is 1. The number of esters is 1. The van der Waals surface area contributed by atoms with Gasteiger partial charge in [0.15, 0.2) is 0 Å². The number of hydrogen-bond acceptors (Lipinski definition) is 6. The third-order valence-corrected chi connectivity index (χ3v) is 5.29. The van der Waals surface area contributed by atoms with Crippen molar-refractivity contribution in [3.05, 3.63) is 45.8 Å². The predicted octanol–water partition coefficient (Wildman–Crippen LogP) is 3.76. The zero-order chi connectivity index (χ0) is 20.7. The molecule has 3 N–H and O–H groups in total. The van der Waals surface area contributed by atoms with Crippen LogP contribution in [-0.2, 0) is 4.74 Å². The van der Waals surface area contributed by atoms with Crippen LogP contribution < -0.4 is 15.8 Å². The van der Waals surface area contributed by atoms with Crippen LogP contribution in [0.3, 0.4) is 0 Å². The Morgan fingerprint density at radius 3 is 2.61 bits per heavy atom. The fourth-order valence-electron chi connectivity index (χ4n) is 2.63. The maximum Gasteiger partial charge on any atom is 0.348 e. The van der Waals surface area contributed by atoms with Gasteiger partial charge in [-0.05, 0) is 37.1 Å². The van der Waals surface area contributed by atoms with E-state index in [1.807, 2.05) is 0 Å². The van der Waals surface area contributed by atoms with Crippen molar-refractivity contribution in [2.45, 2.75) is 33.1 Å². The number of carbonyl (C=O) groups excluding carboxylic acids is 3. The minimum Gasteiger partial charge on any atom is -0.494 e. The van der Waals surface area contributed by atoms with Crippen LogP contribution >= 0.6 is 11.3 Å². The van der Waals surface area contributed by atoms with Crippen molar-refractivity contribution in [2.75, 3.05) is 19.0 Å². The highest BCUT2D eigenvalue weighted by Gasteiger charge is 2.25. The van der Waals surface area contributed by atoms with Gasteiger partial charge in [0.1, 0.15) is 15.6 Å². The second-order valence-corrected chi connectivity index (χ2v) is 7.17. The van der Waals surface area contributed by atoms with Gasteiger partial charge in [0.05, 0.1) is 19.3 Å². The average Bonchev–Trinajstić information content (AvgIpc) is 3.01. The van der Waals surface area contributed by atoms with Gasteiger partial charge in [-0.25, -0.2) is 4.79 Å². The SMILES string of the molecule is CCCCCOc1cccc(C(=O)Nc2sc(C(=O)OC)c(C)c2C(N)=O)c1. The third-order valence-electron chi connectivity index (χ3n) is 4.10. The molecule has 0 radical (unpaired) electrons. The standard InChI is InChI=1S/C20H24N2O5S/c1-4-5-6-10-27-14-9-7-8-13(11-14)18(24)22-19-15(17(21)23)12(2)16(28-19)20(25)26-3/h7-9,11H,4-6,10H2,1-3H3,(H2,21,23)(H,22,24). The number of ether oxygens (including phenoxy) is 2. The molecule has 2 aromatic rings. The summed E-state index contributed by atoms with van der Waals surface area (Å²) >= 11 is 0.955. The second-order valence-electron chi connectivity index (χ2n) is 6.15. The number of carbonyl (C=O) groups is 3. The van der Waals surface area contributed by atoms with E-state index in [1.165, 1.54) is 7.11 Å². The summed E-state index contributed by atoms with van der Waals surface area (Å²) in [6.07, 6.45) is 3.12. The van der Waals surface area contributed by atoms with Gasteiger partial charge < -0.3 is 20.5 Å². The van der Waals surface area contributed by atoms with Crippen molar-refractivity contribution in [2.24, 2.45) is 5.73 Å². The number of unbranched alkanes of at least 4 members (excludes halogenated alkanes) is 2. The van der Waals surface area contributed by atoms with E-state index in [4.69, 9.17) is 15.2 Å². The first-order chi connectivity index (χ1) is 13.4. The van der Waals surface area contributed by atoms with Gasteiger partial charge in [-0.1, -0.05) is 25.8 Å². The first-order valence-electron chi connectivity index (χ1n) is 8.94. The number of methoxy groups -OCH3 is 1. The summed E-state index contributed by atoms with van der Waals surface area (Å²) in [6.45, 7) is 4.28. The predicted molar refractivity (Wildman–Crippen MR) is 108 cm³/mol. The van der Waals surface area contributed by atoms with Crippen molar-refractivity contribution in [1.29, 1.82) is 0 Å². The van der Waals surface area contributed by atoms with Crippen LogP contribution in [0.15, 0.2) is 24.3 Å². The number of primary amides is 1. The Morgan fingerprint density at radius 1 is 1.21 bits per heavy atom. The van der Waals surface area contributed by atoms with Crippen LogP contribution in [0, 0.1) is 6.92 Å². The normalized spacial score (nSPS) is 10.4. The lowest BCUT2D eigenvalue weighted by Crippen LogP contribution is -2.17. The fourth-order valence-corrected chi connectivity index (χ4v) is 3.76. The number of anilines is 1. The van der Waals surface area contributed by atoms with Crippen molar-refractivity contribution in [1.82, 2.24) is 0 Å². The Kier molecular flexibility index (Phi) is 7.57. The summed E-state index contributed by atoms with van der Waals surface area (Å²) in [5.74, 6) is -1.16. The molecule has 7 nitrogen and oxygen atoms in total. The number of thiophene rings is 1. The molecule has 0 aliphatic rings. The summed E-state index contributed by atoms with van der Waals surface area (Å²) < 4.78 is 10.4. The molecule has 0 atom stereocenters. The highest BCUT2D eigenvalue weighted by atomic mass is 32.1. The number of amides is 2. The summed E-state index contributed by atoms with van der Waals surface area (Å²) in [5, 5.41) is 2.88. The van der Waals surface area contributed by atoms with Crippen LogP contribution in [0.5, 0.6) is 5.75 Å². The molecule has 150 valence electrons. The number of nitrogens with two attached hydrogens (primary N) is 1. The van der Waals surface area contributed by atoms with Gasteiger partial charge >= 0.3 is 5.97 Å². The highest BCUT2D eigenvalue weighted by molar-refractivity contribution is 7.18. The smallest absolute Gasteiger partial charge is 0.348 e. The van der Waals surface area contributed by atoms with Gasteiger partial charge in [-0.3, -0.25) is 9.59 Å². The molecule has 1 aromatic carbocycles. The molecule has 0 aliphatic carbocycles. The van der Waals surface area contributed by atoms with Gasteiger partial charge in [0.2, 0.25) is 0 Å². The minimum atomic E-state index is -0.729. The summed E-state index contributed by atoms with van der Waals surface area (Å²) in [7, 11) is 1.25. The highest BCUT2D eigenvalue weighted by Crippen LogP contribution is 2.33. The maximum absolute atomic E-state index is 12.6. The van der Waals surface area contributed by atoms with Crippen LogP contribution in [0.1, 0.15) is 62.1 Å². The van der Waals surface area contributed by atoms with Gasteiger partial charge in [-0.15, -0.1) is 11.3 Å². The Balaban J connectivity index is 2.21. The monoisotopic (exact) mass is 404 g/mol. The summed E-state index contributed by atoms with van der Waals surface area (Å²) in [5.41, 5.74) is 6.29. The maximum atomic E-state index is 12.6. The molecular formula is C20H24N2O5S. The number of rotatable bonds is 9. The summed E-state index contributed by atoms with van der Waals surface area (Å²) in [6, 6.07) is 6.77. The Morgan fingerprint density at radius 2 is 1.96 bits per heavy atom. The molecular weight excluding hydrogens is 380 g/mol. The second kappa shape index (κ2) is 9.89. The topological polar surface area (TPSA) is 108 Å². The zero-order valence-corrected chi connectivity index (χ0v) is 17.0. The van der Waals surface area contributed by atoms with E-state index in [0.717, 1.165) is 30.6 Å². The number of hydrogen-bond donors (Lipinski definition) is 2. The van der Waals surface area contributed by atoms with Gasteiger partial charge in [0, 0.05) is 5.56 Å². The van der Waals surface area contributed by atoms with E-state index in [9.17, 15) is 14.4 Å². The lowest BCUT2D eigenvalue weighted by molar-refractivity contribution is 0.0605. The van der Waals surface area contributed by atoms with E-state index in [-0.39, 0.29) is 15.4 Å². The van der Waals surface area contributed by atoms with Crippen LogP contribution in [-0.4, -0.2) is 31.5 Å². The largest absolute Gasteiger partial charge is 0.494 e. The van der Waals surface area contributed by atoms with Crippen LogP contribution in [0.25, 0.3) is 0 Å². The average molecular weight is 404 g/mol. The molecule has 0 saturated heterocycles. The fraction of sp³-hybridized carbons (Fsp3) is 0.350. The lowest BCUT2D eigenvalue weighted by atomic mass is 10.1. The number of benzene rings is 1. The van der Waals surface area contributed by atoms with Crippen molar-refractivity contribution < 1.29 is 23.9 Å². The molecule has 2 rings (SSSR count). The van der Waals surface area contributed by atoms with Gasteiger partial charge in [-0.2, -0.15) is 0 Å². The van der Waals surface area contributed by atoms with Crippen molar-refractivity contribution >= 4 is 34.1 Å². The van der Waals surface area contributed by atoms with E-state index in [1.54, 1.807) is 31.2 Å². The minimum absolute atomic E-state index is 0.103. The summed E-state index contributed by atoms with van der Waals surface area (Å²) in [4.78, 5) is 36.6. The Hall–Kier alpha value is -2.87. The van der Waals surface area contributed by atoms with E-state index in [2.05, 4.69) is 12.2 Å². The van der Waals surface area contributed by atoms with E-state index >= 15 is 0 Å². The van der Waals surface area contributed by atoms with Crippen LogP contribution in [0.2, 0.25) is 0 Å². The molecule has 28 heavy (non-hydrogen) atoms. The Labute approximate surface area is 167 Å². The quantitative estimate of drug-likeness (QED) is 0.489. The third kappa shape index (κ3) is 5.10. The van der Waals surface area contributed by atoms with Crippen LogP contribution in [0.4, 0.5) is 5.00 Å². The van der Waals surface area contributed by atoms with Crippen molar-refractivity contribution in [3.8, 4) is 5.75 Å². The molecule has 1 aromatic heterocycles. The molecule has 0 bridgehead atoms. The molecule has 0 saturated carbocycles. The molecule has 1 heterocycles. The molecule has 0 fully saturated rings. The van der Waals surface area contributed by atoms with E-state index in [0.29, 0.717) is 23.5 Å².